The summed E-state index contributed by atoms with van der Waals surface area (Å²) in [4.78, 5) is 16.8. The number of hydrogen-bond donors (Lipinski definition) is 2. The van der Waals surface area contributed by atoms with Gasteiger partial charge in [0.15, 0.2) is 11.5 Å². The highest BCUT2D eigenvalue weighted by Crippen LogP contribution is 2.26. The predicted octanol–water partition coefficient (Wildman–Crippen LogP) is 5.82. The van der Waals surface area contributed by atoms with Gasteiger partial charge in [-0.1, -0.05) is 26.0 Å². The largest absolute Gasteiger partial charge is 0.504 e. The van der Waals surface area contributed by atoms with Gasteiger partial charge in [0.1, 0.15) is 5.78 Å². The lowest BCUT2D eigenvalue weighted by Crippen LogP contribution is -1.88. The van der Waals surface area contributed by atoms with Gasteiger partial charge in [-0.2, -0.15) is 0 Å². The van der Waals surface area contributed by atoms with E-state index >= 15 is 0 Å². The van der Waals surface area contributed by atoms with Crippen molar-refractivity contribution < 1.29 is 19.3 Å². The van der Waals surface area contributed by atoms with Crippen LogP contribution >= 0.6 is 11.3 Å². The summed E-state index contributed by atoms with van der Waals surface area (Å²) in [5, 5.41) is 11.2. The van der Waals surface area contributed by atoms with Gasteiger partial charge in [-0.15, -0.1) is 17.9 Å². The number of methoxy groups -OCH3 is 1. The number of nitrogens with zero attached hydrogens (tertiary/aromatic N) is 1. The van der Waals surface area contributed by atoms with Crippen molar-refractivity contribution >= 4 is 17.1 Å². The van der Waals surface area contributed by atoms with Gasteiger partial charge >= 0.3 is 0 Å². The Labute approximate surface area is 176 Å². The average molecular weight is 423 g/mol. The average Bonchev–Trinajstić information content (AvgIpc) is 3.48. The second kappa shape index (κ2) is 19.8. The number of aromatic hydroxyl groups is 1. The van der Waals surface area contributed by atoms with Crippen molar-refractivity contribution in [3.05, 3.63) is 78.0 Å². The first-order chi connectivity index (χ1) is 13.6. The fourth-order valence-corrected chi connectivity index (χ4v) is 2.07. The molecule has 160 valence electrons. The molecule has 0 bridgehead atoms. The predicted molar refractivity (Wildman–Crippen MR) is 120 cm³/mol. The topological polar surface area (TPSA) is 75.2 Å². The maximum Gasteiger partial charge on any atom is 0.160 e. The summed E-state index contributed by atoms with van der Waals surface area (Å²) < 4.78 is 4.95. The second-order valence-corrected chi connectivity index (χ2v) is 6.06. The third-order valence-electron chi connectivity index (χ3n) is 3.26. The van der Waals surface area contributed by atoms with Crippen molar-refractivity contribution in [2.75, 3.05) is 7.11 Å². The van der Waals surface area contributed by atoms with E-state index in [1.54, 1.807) is 35.2 Å². The van der Waals surface area contributed by atoms with E-state index in [2.05, 4.69) is 16.5 Å². The molecule has 0 saturated carbocycles. The Morgan fingerprint density at radius 3 is 2.24 bits per heavy atom. The first kappa shape index (κ1) is 28.3. The lowest BCUT2D eigenvalue weighted by atomic mass is 10.1. The molecule has 0 atom stereocenters. The molecule has 0 amide bonds. The minimum atomic E-state index is 0. The number of benzene rings is 1. The minimum absolute atomic E-state index is 0. The highest BCUT2D eigenvalue weighted by Gasteiger charge is 2.00. The molecule has 2 N–H and O–H groups in total. The number of ether oxygens (including phenoxy) is 1. The highest BCUT2D eigenvalue weighted by molar-refractivity contribution is 7.07. The fraction of sp³-hybridized carbons (Fsp3) is 0.273. The minimum Gasteiger partial charge on any atom is -0.504 e. The van der Waals surface area contributed by atoms with Crippen molar-refractivity contribution in [2.45, 2.75) is 33.1 Å². The SMILES string of the molecule is C=CCc1ccc(O)c(OC)c1.CCC(=O)CC.F.c1cc[nH]c1.c1cscn1. The number of hydrogen-bond acceptors (Lipinski definition) is 5. The van der Waals surface area contributed by atoms with Gasteiger partial charge in [-0.3, -0.25) is 14.5 Å². The normalized spacial score (nSPS) is 8.38. The van der Waals surface area contributed by atoms with E-state index in [-0.39, 0.29) is 10.5 Å². The number of allylic oxidation sites excluding steroid dienone is 1. The number of halogens is 1. The molecule has 0 aliphatic rings. The standard InChI is InChI=1S/C10H12O2.C5H10O.C4H5N.C3H3NS.FH/c1-3-4-8-5-6-9(11)10(7-8)12-2;1-3-5(6)4-2;1-2-4-5-3-1;1-2-5-3-4-1;/h3,5-7,11H,1,4H2,2H3;3-4H2,1-2H3;1-5H;1-3H;1H. The molecule has 0 spiro atoms. The van der Waals surface area contributed by atoms with Crippen molar-refractivity contribution in [2.24, 2.45) is 0 Å². The van der Waals surface area contributed by atoms with Crippen molar-refractivity contribution in [3.8, 4) is 11.5 Å². The number of Topliss-reactive ketones (excluding diaryl/α,β-unsaturated/α-hetero) is 1. The number of nitrogens with one attached hydrogen (secondary N) is 1. The lowest BCUT2D eigenvalue weighted by Gasteiger charge is -2.04. The van der Waals surface area contributed by atoms with Crippen LogP contribution in [-0.4, -0.2) is 28.0 Å². The number of aromatic amines is 1. The van der Waals surface area contributed by atoms with E-state index in [0.29, 0.717) is 24.4 Å². The number of carbonyl (C=O) groups excluding carboxylic acids is 1. The van der Waals surface area contributed by atoms with Gasteiger partial charge in [-0.05, 0) is 36.2 Å². The van der Waals surface area contributed by atoms with Crippen LogP contribution in [0, 0.1) is 0 Å². The molecule has 0 unspecified atom stereocenters. The molecular formula is C22H31FN2O3S. The molecule has 1 aromatic carbocycles. The molecule has 0 aliphatic heterocycles. The van der Waals surface area contributed by atoms with E-state index in [0.717, 1.165) is 12.0 Å². The fourth-order valence-electron chi connectivity index (χ4n) is 1.72. The van der Waals surface area contributed by atoms with Crippen LogP contribution in [0.25, 0.3) is 0 Å². The molecular weight excluding hydrogens is 391 g/mol. The summed E-state index contributed by atoms with van der Waals surface area (Å²) in [7, 11) is 1.53. The Morgan fingerprint density at radius 2 is 1.93 bits per heavy atom. The Kier molecular flexibility index (Phi) is 19.3. The van der Waals surface area contributed by atoms with Gasteiger partial charge < -0.3 is 14.8 Å². The van der Waals surface area contributed by atoms with Crippen LogP contribution in [0.2, 0.25) is 0 Å². The molecule has 0 aliphatic carbocycles. The van der Waals surface area contributed by atoms with Crippen LogP contribution in [0.1, 0.15) is 32.3 Å². The van der Waals surface area contributed by atoms with Crippen molar-refractivity contribution in [3.63, 3.8) is 0 Å². The van der Waals surface area contributed by atoms with Crippen LogP contribution < -0.4 is 4.74 Å². The van der Waals surface area contributed by atoms with Gasteiger partial charge in [0.25, 0.3) is 0 Å². The van der Waals surface area contributed by atoms with Crippen molar-refractivity contribution in [1.82, 2.24) is 9.97 Å². The third kappa shape index (κ3) is 15.8. The quantitative estimate of drug-likeness (QED) is 0.508. The zero-order valence-corrected chi connectivity index (χ0v) is 18.0. The molecule has 7 heteroatoms. The third-order valence-corrected chi connectivity index (χ3v) is 3.78. The molecule has 0 fully saturated rings. The van der Waals surface area contributed by atoms with Crippen LogP contribution in [0.3, 0.4) is 0 Å². The Hall–Kier alpha value is -2.93. The van der Waals surface area contributed by atoms with Crippen LogP contribution in [0.15, 0.2) is 72.5 Å². The maximum absolute atomic E-state index is 10.2. The summed E-state index contributed by atoms with van der Waals surface area (Å²) in [5.74, 6) is 1.02. The summed E-state index contributed by atoms with van der Waals surface area (Å²) >= 11 is 1.60. The second-order valence-electron chi connectivity index (χ2n) is 5.31. The molecule has 3 rings (SSSR count). The maximum atomic E-state index is 10.2. The van der Waals surface area contributed by atoms with E-state index in [1.165, 1.54) is 7.11 Å². The summed E-state index contributed by atoms with van der Waals surface area (Å²) in [5.41, 5.74) is 2.87. The van der Waals surface area contributed by atoms with Crippen LogP contribution in [-0.2, 0) is 11.2 Å². The van der Waals surface area contributed by atoms with E-state index in [4.69, 9.17) is 4.74 Å². The van der Waals surface area contributed by atoms with Crippen molar-refractivity contribution in [1.29, 1.82) is 0 Å². The molecule has 29 heavy (non-hydrogen) atoms. The zero-order chi connectivity index (χ0) is 21.0. The smallest absolute Gasteiger partial charge is 0.160 e. The number of thiazole rings is 1. The molecule has 0 radical (unpaired) electrons. The first-order valence-corrected chi connectivity index (χ1v) is 9.91. The lowest BCUT2D eigenvalue weighted by molar-refractivity contribution is -0.118. The monoisotopic (exact) mass is 422 g/mol. The Bertz CT molecular complexity index is 666. The van der Waals surface area contributed by atoms with Gasteiger partial charge in [-0.25, -0.2) is 0 Å². The molecule has 3 aromatic rings. The number of phenolic OH excluding ortho intramolecular Hbond substituents is 1. The summed E-state index contributed by atoms with van der Waals surface area (Å²) in [6.07, 6.45) is 9.50. The number of ketones is 1. The van der Waals surface area contributed by atoms with Gasteiger partial charge in [0.2, 0.25) is 0 Å². The first-order valence-electron chi connectivity index (χ1n) is 8.97. The number of rotatable bonds is 5. The van der Waals surface area contributed by atoms with E-state index in [9.17, 15) is 9.90 Å². The summed E-state index contributed by atoms with van der Waals surface area (Å²) in [6, 6.07) is 9.16. The molecule has 0 saturated heterocycles. The highest BCUT2D eigenvalue weighted by atomic mass is 32.1. The van der Waals surface area contributed by atoms with Crippen LogP contribution in [0.5, 0.6) is 11.5 Å². The number of aromatic nitrogens is 2. The Morgan fingerprint density at radius 1 is 1.28 bits per heavy atom. The number of phenols is 1. The summed E-state index contributed by atoms with van der Waals surface area (Å²) in [6.45, 7) is 7.39. The Balaban J connectivity index is 0. The zero-order valence-electron chi connectivity index (χ0n) is 17.2. The van der Waals surface area contributed by atoms with Crippen LogP contribution in [0.4, 0.5) is 4.70 Å². The van der Waals surface area contributed by atoms with Gasteiger partial charge in [0.05, 0.1) is 12.6 Å². The number of carbonyl (C=O) groups is 1. The number of H-pyrrole nitrogens is 1. The molecule has 2 heterocycles. The van der Waals surface area contributed by atoms with Gasteiger partial charge in [0, 0.05) is 36.8 Å². The molecule has 5 nitrogen and oxygen atoms in total. The van der Waals surface area contributed by atoms with E-state index in [1.807, 2.05) is 55.9 Å². The molecule has 2 aromatic heterocycles. The van der Waals surface area contributed by atoms with E-state index < -0.39 is 0 Å².